The maximum Gasteiger partial charge on any atom is 0.313 e. The molecule has 19 heavy (non-hydrogen) atoms. The highest BCUT2D eigenvalue weighted by Gasteiger charge is 2.28. The van der Waals surface area contributed by atoms with Gasteiger partial charge in [0.25, 0.3) is 0 Å². The number of rotatable bonds is 7. The molecule has 0 N–H and O–H groups in total. The van der Waals surface area contributed by atoms with Gasteiger partial charge < -0.3 is 9.47 Å². The minimum absolute atomic E-state index is 0.237. The van der Waals surface area contributed by atoms with Crippen molar-refractivity contribution in [2.75, 3.05) is 20.3 Å². The second kappa shape index (κ2) is 7.65. The zero-order valence-electron chi connectivity index (χ0n) is 11.7. The normalized spacial score (nSPS) is 11.4. The fourth-order valence-corrected chi connectivity index (χ4v) is 2.18. The van der Waals surface area contributed by atoms with Crippen LogP contribution in [0, 0.1) is 5.41 Å². The van der Waals surface area contributed by atoms with Crippen LogP contribution in [0.2, 0.25) is 0 Å². The van der Waals surface area contributed by atoms with Crippen molar-refractivity contribution in [3.05, 3.63) is 34.3 Å². The highest BCUT2D eigenvalue weighted by Crippen LogP contribution is 2.18. The second-order valence-corrected chi connectivity index (χ2v) is 6.08. The smallest absolute Gasteiger partial charge is 0.313 e. The molecule has 0 aliphatic carbocycles. The van der Waals surface area contributed by atoms with E-state index in [1.165, 1.54) is 12.7 Å². The molecule has 4 heteroatoms. The Balaban J connectivity index is 2.23. The van der Waals surface area contributed by atoms with Gasteiger partial charge in [-0.25, -0.2) is 0 Å². The molecule has 1 rings (SSSR count). The number of methoxy groups -OCH3 is 1. The number of hydrogen-bond donors (Lipinski definition) is 0. The van der Waals surface area contributed by atoms with Gasteiger partial charge in [-0.2, -0.15) is 0 Å². The van der Waals surface area contributed by atoms with E-state index in [2.05, 4.69) is 28.1 Å². The van der Waals surface area contributed by atoms with E-state index >= 15 is 0 Å². The topological polar surface area (TPSA) is 35.5 Å². The molecule has 3 nitrogen and oxygen atoms in total. The van der Waals surface area contributed by atoms with Gasteiger partial charge in [-0.3, -0.25) is 4.79 Å². The number of carbonyl (C=O) groups is 1. The second-order valence-electron chi connectivity index (χ2n) is 5.16. The Morgan fingerprint density at radius 3 is 2.74 bits per heavy atom. The molecule has 0 atom stereocenters. The highest BCUT2D eigenvalue weighted by molar-refractivity contribution is 9.10. The fourth-order valence-electron chi connectivity index (χ4n) is 1.73. The van der Waals surface area contributed by atoms with Gasteiger partial charge in [0.15, 0.2) is 0 Å². The van der Waals surface area contributed by atoms with Crippen LogP contribution in [0.1, 0.15) is 25.8 Å². The lowest BCUT2D eigenvalue weighted by molar-refractivity contribution is -0.154. The summed E-state index contributed by atoms with van der Waals surface area (Å²) in [4.78, 5) is 11.4. The third-order valence-electron chi connectivity index (χ3n) is 2.84. The number of carbonyl (C=O) groups excluding carboxylic acids is 1. The average molecular weight is 329 g/mol. The van der Waals surface area contributed by atoms with Crippen LogP contribution >= 0.6 is 15.9 Å². The van der Waals surface area contributed by atoms with Gasteiger partial charge in [0.2, 0.25) is 0 Å². The molecule has 0 saturated heterocycles. The lowest BCUT2D eigenvalue weighted by Crippen LogP contribution is -2.31. The minimum atomic E-state index is -0.579. The van der Waals surface area contributed by atoms with E-state index < -0.39 is 5.41 Å². The largest absolute Gasteiger partial charge is 0.469 e. The molecule has 0 bridgehead atoms. The molecule has 1 aromatic carbocycles. The quantitative estimate of drug-likeness (QED) is 0.566. The minimum Gasteiger partial charge on any atom is -0.469 e. The maximum absolute atomic E-state index is 11.4. The van der Waals surface area contributed by atoms with E-state index in [0.717, 1.165) is 17.3 Å². The Morgan fingerprint density at radius 1 is 1.37 bits per heavy atom. The van der Waals surface area contributed by atoms with Crippen molar-refractivity contribution in [1.29, 1.82) is 0 Å². The van der Waals surface area contributed by atoms with Crippen molar-refractivity contribution < 1.29 is 14.3 Å². The summed E-state index contributed by atoms with van der Waals surface area (Å²) in [6.07, 6.45) is 1.91. The van der Waals surface area contributed by atoms with Gasteiger partial charge in [-0.1, -0.05) is 28.1 Å². The maximum atomic E-state index is 11.4. The van der Waals surface area contributed by atoms with Crippen molar-refractivity contribution in [2.24, 2.45) is 5.41 Å². The summed E-state index contributed by atoms with van der Waals surface area (Å²) in [7, 11) is 1.40. The first-order chi connectivity index (χ1) is 8.95. The molecule has 0 aliphatic rings. The van der Waals surface area contributed by atoms with Gasteiger partial charge >= 0.3 is 5.97 Å². The third-order valence-corrected chi connectivity index (χ3v) is 3.34. The van der Waals surface area contributed by atoms with Gasteiger partial charge in [-0.15, -0.1) is 0 Å². The number of halogens is 1. The molecule has 0 amide bonds. The van der Waals surface area contributed by atoms with E-state index in [9.17, 15) is 4.79 Å². The first kappa shape index (κ1) is 16.2. The zero-order chi connectivity index (χ0) is 14.3. The van der Waals surface area contributed by atoms with E-state index in [4.69, 9.17) is 9.47 Å². The molecule has 0 saturated carbocycles. The summed E-state index contributed by atoms with van der Waals surface area (Å²) in [5.74, 6) is -0.237. The predicted molar refractivity (Wildman–Crippen MR) is 79.1 cm³/mol. The average Bonchev–Trinajstić information content (AvgIpc) is 2.37. The number of ether oxygens (including phenoxy) is 2. The highest BCUT2D eigenvalue weighted by atomic mass is 79.9. The summed E-state index contributed by atoms with van der Waals surface area (Å²) in [6.45, 7) is 4.69. The first-order valence-corrected chi connectivity index (χ1v) is 7.15. The van der Waals surface area contributed by atoms with Crippen molar-refractivity contribution in [2.45, 2.75) is 26.7 Å². The van der Waals surface area contributed by atoms with Crippen LogP contribution in [0.5, 0.6) is 0 Å². The zero-order valence-corrected chi connectivity index (χ0v) is 13.3. The number of benzene rings is 1. The SMILES string of the molecule is COC(=O)C(C)(C)COCCCc1cccc(Br)c1. The van der Waals surface area contributed by atoms with E-state index in [0.29, 0.717) is 13.2 Å². The van der Waals surface area contributed by atoms with Crippen molar-refractivity contribution in [1.82, 2.24) is 0 Å². The molecule has 0 radical (unpaired) electrons. The molecule has 0 heterocycles. The van der Waals surface area contributed by atoms with Crippen LogP contribution < -0.4 is 0 Å². The van der Waals surface area contributed by atoms with Crippen molar-refractivity contribution in [3.63, 3.8) is 0 Å². The summed E-state index contributed by atoms with van der Waals surface area (Å²) < 4.78 is 11.4. The Hall–Kier alpha value is -0.870. The van der Waals surface area contributed by atoms with Crippen molar-refractivity contribution in [3.8, 4) is 0 Å². The summed E-state index contributed by atoms with van der Waals surface area (Å²) in [5, 5.41) is 0. The number of esters is 1. The van der Waals surface area contributed by atoms with Crippen LogP contribution in [0.3, 0.4) is 0 Å². The fraction of sp³-hybridized carbons (Fsp3) is 0.533. The lowest BCUT2D eigenvalue weighted by atomic mass is 9.95. The molecule has 106 valence electrons. The van der Waals surface area contributed by atoms with Crippen LogP contribution in [0.4, 0.5) is 0 Å². The number of hydrogen-bond acceptors (Lipinski definition) is 3. The van der Waals surface area contributed by atoms with E-state index in [1.54, 1.807) is 0 Å². The summed E-state index contributed by atoms with van der Waals surface area (Å²) >= 11 is 3.45. The van der Waals surface area contributed by atoms with E-state index in [1.807, 2.05) is 26.0 Å². The van der Waals surface area contributed by atoms with Crippen LogP contribution in [0.25, 0.3) is 0 Å². The van der Waals surface area contributed by atoms with Crippen LogP contribution in [0.15, 0.2) is 28.7 Å². The van der Waals surface area contributed by atoms with Gasteiger partial charge in [0.05, 0.1) is 19.1 Å². The monoisotopic (exact) mass is 328 g/mol. The summed E-state index contributed by atoms with van der Waals surface area (Å²) in [5.41, 5.74) is 0.704. The molecular formula is C15H21BrO3. The Morgan fingerprint density at radius 2 is 2.11 bits per heavy atom. The molecule has 0 aromatic heterocycles. The molecule has 1 aromatic rings. The molecule has 0 unspecified atom stereocenters. The number of aryl methyl sites for hydroxylation is 1. The standard InChI is InChI=1S/C15H21BrO3/c1-15(2,14(17)18-3)11-19-9-5-7-12-6-4-8-13(16)10-12/h4,6,8,10H,5,7,9,11H2,1-3H3. The molecular weight excluding hydrogens is 308 g/mol. The third kappa shape index (κ3) is 5.74. The predicted octanol–water partition coefficient (Wildman–Crippen LogP) is 3.60. The Bertz CT molecular complexity index is 416. The van der Waals surface area contributed by atoms with Gasteiger partial charge in [-0.05, 0) is 44.4 Å². The molecule has 0 aliphatic heterocycles. The van der Waals surface area contributed by atoms with Gasteiger partial charge in [0.1, 0.15) is 0 Å². The molecule has 0 fully saturated rings. The van der Waals surface area contributed by atoms with Crippen molar-refractivity contribution >= 4 is 21.9 Å². The Labute approximate surface area is 123 Å². The molecule has 0 spiro atoms. The van der Waals surface area contributed by atoms with E-state index in [-0.39, 0.29) is 5.97 Å². The van der Waals surface area contributed by atoms with Crippen LogP contribution in [-0.4, -0.2) is 26.3 Å². The first-order valence-electron chi connectivity index (χ1n) is 6.36. The Kier molecular flexibility index (Phi) is 6.52. The van der Waals surface area contributed by atoms with Gasteiger partial charge in [0, 0.05) is 11.1 Å². The lowest BCUT2D eigenvalue weighted by Gasteiger charge is -2.21. The summed E-state index contributed by atoms with van der Waals surface area (Å²) in [6, 6.07) is 8.25. The van der Waals surface area contributed by atoms with Crippen LogP contribution in [-0.2, 0) is 20.7 Å².